The summed E-state index contributed by atoms with van der Waals surface area (Å²) in [6.45, 7) is 2.19. The largest absolute Gasteiger partial charge is 0.497 e. The van der Waals surface area contributed by atoms with E-state index in [-0.39, 0.29) is 18.6 Å². The van der Waals surface area contributed by atoms with Crippen LogP contribution in [0.15, 0.2) is 42.5 Å². The molecule has 1 amide bonds. The first-order valence-electron chi connectivity index (χ1n) is 9.85. The zero-order chi connectivity index (χ0) is 19.5. The van der Waals surface area contributed by atoms with E-state index in [0.29, 0.717) is 0 Å². The van der Waals surface area contributed by atoms with Gasteiger partial charge in [0.1, 0.15) is 11.5 Å². The van der Waals surface area contributed by atoms with Crippen molar-refractivity contribution in [1.82, 2.24) is 10.3 Å². The Hall–Kier alpha value is -2.95. The predicted molar refractivity (Wildman–Crippen MR) is 110 cm³/mol. The summed E-state index contributed by atoms with van der Waals surface area (Å²) < 4.78 is 11.0. The van der Waals surface area contributed by atoms with E-state index in [4.69, 9.17) is 9.47 Å². The molecule has 0 radical (unpaired) electrons. The highest BCUT2D eigenvalue weighted by molar-refractivity contribution is 5.87. The third-order valence-corrected chi connectivity index (χ3v) is 5.30. The molecule has 2 N–H and O–H groups in total. The Bertz CT molecular complexity index is 975. The van der Waals surface area contributed by atoms with Crippen molar-refractivity contribution in [2.24, 2.45) is 0 Å². The number of aromatic amines is 1. The van der Waals surface area contributed by atoms with Gasteiger partial charge in [0.25, 0.3) is 5.91 Å². The lowest BCUT2D eigenvalue weighted by Crippen LogP contribution is -2.38. The van der Waals surface area contributed by atoms with Gasteiger partial charge in [-0.05, 0) is 54.3 Å². The second kappa shape index (κ2) is 7.97. The molecule has 5 heteroatoms. The molecule has 1 aliphatic carbocycles. The summed E-state index contributed by atoms with van der Waals surface area (Å²) in [5.41, 5.74) is 4.87. The SMILES string of the molecule is CCCc1ccc(OCC(=O)NC2Cc3[nH]c4ccc(OC)cc4c3C2)cc1. The fourth-order valence-corrected chi connectivity index (χ4v) is 3.94. The summed E-state index contributed by atoms with van der Waals surface area (Å²) >= 11 is 0. The number of carbonyl (C=O) groups is 1. The third kappa shape index (κ3) is 3.84. The minimum absolute atomic E-state index is 0.0339. The zero-order valence-electron chi connectivity index (χ0n) is 16.4. The Morgan fingerprint density at radius 2 is 1.93 bits per heavy atom. The highest BCUT2D eigenvalue weighted by Gasteiger charge is 2.26. The van der Waals surface area contributed by atoms with Gasteiger partial charge in [0.15, 0.2) is 6.61 Å². The molecular weight excluding hydrogens is 352 g/mol. The molecule has 1 aromatic heterocycles. The molecule has 0 bridgehead atoms. The van der Waals surface area contributed by atoms with E-state index in [9.17, 15) is 4.79 Å². The molecular formula is C23H26N2O3. The van der Waals surface area contributed by atoms with Gasteiger partial charge in [-0.3, -0.25) is 4.79 Å². The maximum atomic E-state index is 12.3. The minimum atomic E-state index is -0.0883. The number of benzene rings is 2. The van der Waals surface area contributed by atoms with Crippen molar-refractivity contribution in [2.45, 2.75) is 38.6 Å². The molecule has 0 saturated carbocycles. The van der Waals surface area contributed by atoms with Gasteiger partial charge in [0, 0.05) is 29.1 Å². The van der Waals surface area contributed by atoms with E-state index < -0.39 is 0 Å². The summed E-state index contributed by atoms with van der Waals surface area (Å²) in [5.74, 6) is 1.49. The molecule has 1 aliphatic rings. The van der Waals surface area contributed by atoms with Crippen molar-refractivity contribution in [2.75, 3.05) is 13.7 Å². The van der Waals surface area contributed by atoms with Crippen LogP contribution >= 0.6 is 0 Å². The number of methoxy groups -OCH3 is 1. The van der Waals surface area contributed by atoms with E-state index in [1.165, 1.54) is 22.2 Å². The Labute approximate surface area is 165 Å². The van der Waals surface area contributed by atoms with Crippen molar-refractivity contribution < 1.29 is 14.3 Å². The first-order valence-corrected chi connectivity index (χ1v) is 9.85. The number of aryl methyl sites for hydroxylation is 1. The van der Waals surface area contributed by atoms with Gasteiger partial charge in [0.2, 0.25) is 0 Å². The fraction of sp³-hybridized carbons (Fsp3) is 0.348. The Kier molecular flexibility index (Phi) is 5.24. The molecule has 4 rings (SSSR count). The molecule has 0 aliphatic heterocycles. The van der Waals surface area contributed by atoms with Gasteiger partial charge in [-0.15, -0.1) is 0 Å². The summed E-state index contributed by atoms with van der Waals surface area (Å²) in [6, 6.07) is 14.1. The highest BCUT2D eigenvalue weighted by atomic mass is 16.5. The maximum Gasteiger partial charge on any atom is 0.258 e. The maximum absolute atomic E-state index is 12.3. The van der Waals surface area contributed by atoms with E-state index in [1.54, 1.807) is 7.11 Å². The highest BCUT2D eigenvalue weighted by Crippen LogP contribution is 2.32. The molecule has 3 aromatic rings. The number of hydrogen-bond acceptors (Lipinski definition) is 3. The number of fused-ring (bicyclic) bond motifs is 3. The quantitative estimate of drug-likeness (QED) is 0.657. The summed E-state index contributed by atoms with van der Waals surface area (Å²) in [4.78, 5) is 15.8. The Balaban J connectivity index is 1.32. The first kappa shape index (κ1) is 18.4. The van der Waals surface area contributed by atoms with Gasteiger partial charge < -0.3 is 19.8 Å². The smallest absolute Gasteiger partial charge is 0.258 e. The van der Waals surface area contributed by atoms with E-state index in [0.717, 1.165) is 42.7 Å². The van der Waals surface area contributed by atoms with Crippen molar-refractivity contribution in [1.29, 1.82) is 0 Å². The molecule has 0 saturated heterocycles. The molecule has 1 unspecified atom stereocenters. The van der Waals surface area contributed by atoms with Crippen molar-refractivity contribution >= 4 is 16.8 Å². The lowest BCUT2D eigenvalue weighted by molar-refractivity contribution is -0.123. The van der Waals surface area contributed by atoms with Crippen molar-refractivity contribution in [3.63, 3.8) is 0 Å². The molecule has 1 atom stereocenters. The second-order valence-electron chi connectivity index (χ2n) is 7.35. The van der Waals surface area contributed by atoms with Gasteiger partial charge in [-0.1, -0.05) is 25.5 Å². The summed E-state index contributed by atoms with van der Waals surface area (Å²) in [5, 5.41) is 4.27. The number of carbonyl (C=O) groups excluding carboxylic acids is 1. The number of nitrogens with one attached hydrogen (secondary N) is 2. The van der Waals surface area contributed by atoms with Crippen LogP contribution in [0.1, 0.15) is 30.2 Å². The first-order chi connectivity index (χ1) is 13.7. The molecule has 0 spiro atoms. The second-order valence-corrected chi connectivity index (χ2v) is 7.35. The normalized spacial score (nSPS) is 15.4. The van der Waals surface area contributed by atoms with Crippen LogP contribution < -0.4 is 14.8 Å². The van der Waals surface area contributed by atoms with Gasteiger partial charge in [-0.25, -0.2) is 0 Å². The van der Waals surface area contributed by atoms with Crippen LogP contribution in [0.2, 0.25) is 0 Å². The molecule has 5 nitrogen and oxygen atoms in total. The third-order valence-electron chi connectivity index (χ3n) is 5.30. The van der Waals surface area contributed by atoms with Crippen molar-refractivity contribution in [3.05, 3.63) is 59.3 Å². The monoisotopic (exact) mass is 378 g/mol. The van der Waals surface area contributed by atoms with Crippen LogP contribution in [0.5, 0.6) is 11.5 Å². The number of ether oxygens (including phenoxy) is 2. The Morgan fingerprint density at radius 1 is 1.14 bits per heavy atom. The van der Waals surface area contributed by atoms with Crippen LogP contribution in [-0.2, 0) is 24.1 Å². The van der Waals surface area contributed by atoms with E-state index >= 15 is 0 Å². The van der Waals surface area contributed by atoms with Crippen LogP contribution in [0.3, 0.4) is 0 Å². The average molecular weight is 378 g/mol. The molecule has 1 heterocycles. The standard InChI is InChI=1S/C23H26N2O3/c1-3-4-15-5-7-17(8-6-15)28-14-23(26)24-16-11-19-20-13-18(27-2)9-10-21(20)25-22(19)12-16/h5-10,13,16,25H,3-4,11-12,14H2,1-2H3,(H,24,26). The number of rotatable bonds is 7. The molecule has 2 aromatic carbocycles. The Morgan fingerprint density at radius 3 is 2.68 bits per heavy atom. The van der Waals surface area contributed by atoms with Crippen LogP contribution in [0.4, 0.5) is 0 Å². The number of aromatic nitrogens is 1. The van der Waals surface area contributed by atoms with Gasteiger partial charge in [-0.2, -0.15) is 0 Å². The van der Waals surface area contributed by atoms with Crippen LogP contribution in [0.25, 0.3) is 10.9 Å². The van der Waals surface area contributed by atoms with Gasteiger partial charge in [0.05, 0.1) is 7.11 Å². The molecule has 0 fully saturated rings. The summed E-state index contributed by atoms with van der Waals surface area (Å²) in [7, 11) is 1.68. The fourth-order valence-electron chi connectivity index (χ4n) is 3.94. The number of H-pyrrole nitrogens is 1. The average Bonchev–Trinajstić information content (AvgIpc) is 3.24. The van der Waals surface area contributed by atoms with Crippen LogP contribution in [-0.4, -0.2) is 30.6 Å². The van der Waals surface area contributed by atoms with E-state index in [1.807, 2.05) is 24.3 Å². The number of amides is 1. The number of hydrogen-bond donors (Lipinski definition) is 2. The van der Waals surface area contributed by atoms with Gasteiger partial charge >= 0.3 is 0 Å². The van der Waals surface area contributed by atoms with Crippen molar-refractivity contribution in [3.8, 4) is 11.5 Å². The zero-order valence-corrected chi connectivity index (χ0v) is 16.4. The molecule has 146 valence electrons. The lowest BCUT2D eigenvalue weighted by Gasteiger charge is -2.13. The van der Waals surface area contributed by atoms with Crippen LogP contribution in [0, 0.1) is 0 Å². The lowest BCUT2D eigenvalue weighted by atomic mass is 10.1. The van der Waals surface area contributed by atoms with E-state index in [2.05, 4.69) is 35.4 Å². The summed E-state index contributed by atoms with van der Waals surface area (Å²) in [6.07, 6.45) is 3.81. The predicted octanol–water partition coefficient (Wildman–Crippen LogP) is 3.79. The topological polar surface area (TPSA) is 63.3 Å². The minimum Gasteiger partial charge on any atom is -0.497 e. The molecule has 28 heavy (non-hydrogen) atoms.